The Balaban J connectivity index is 1.57. The minimum Gasteiger partial charge on any atom is -0.223 e. The van der Waals surface area contributed by atoms with Crippen molar-refractivity contribution in [2.45, 2.75) is 48.7 Å². The summed E-state index contributed by atoms with van der Waals surface area (Å²) < 4.78 is 27.1. The van der Waals surface area contributed by atoms with E-state index in [0.29, 0.717) is 6.42 Å². The van der Waals surface area contributed by atoms with Gasteiger partial charge < -0.3 is 0 Å². The summed E-state index contributed by atoms with van der Waals surface area (Å²) in [7, 11) is -3.67. The largest absolute Gasteiger partial charge is 0.223 e. The fourth-order valence-electron chi connectivity index (χ4n) is 5.28. The lowest BCUT2D eigenvalue weighted by Gasteiger charge is -2.34. The number of halogens is 3. The summed E-state index contributed by atoms with van der Waals surface area (Å²) in [6.45, 7) is 2.01. The molecular formula is C25H21Cl3O2S. The van der Waals surface area contributed by atoms with Crippen molar-refractivity contribution >= 4 is 44.6 Å². The molecule has 3 aromatic carbocycles. The zero-order chi connectivity index (χ0) is 21.9. The van der Waals surface area contributed by atoms with Gasteiger partial charge in [0.2, 0.25) is 0 Å². The van der Waals surface area contributed by atoms with Crippen LogP contribution in [0.25, 0.3) is 11.1 Å². The Kier molecular flexibility index (Phi) is 5.37. The first-order valence-electron chi connectivity index (χ1n) is 10.4. The van der Waals surface area contributed by atoms with Crippen LogP contribution in [0.3, 0.4) is 0 Å². The highest BCUT2D eigenvalue weighted by atomic mass is 35.5. The minimum atomic E-state index is -3.67. The van der Waals surface area contributed by atoms with Gasteiger partial charge in [0.05, 0.1) is 25.2 Å². The average Bonchev–Trinajstić information content (AvgIpc) is 2.75. The van der Waals surface area contributed by atoms with Crippen LogP contribution in [0.5, 0.6) is 0 Å². The molecule has 0 heterocycles. The molecule has 6 heteroatoms. The minimum absolute atomic E-state index is 0.0655. The summed E-state index contributed by atoms with van der Waals surface area (Å²) in [5.74, 6) is -0.137. The summed E-state index contributed by atoms with van der Waals surface area (Å²) in [6, 6.07) is 15.6. The fraction of sp³-hybridized carbons (Fsp3) is 0.280. The Morgan fingerprint density at radius 3 is 2.35 bits per heavy atom. The second-order valence-corrected chi connectivity index (χ2v) is 11.8. The van der Waals surface area contributed by atoms with Crippen LogP contribution in [0.15, 0.2) is 53.4 Å². The summed E-state index contributed by atoms with van der Waals surface area (Å²) in [4.78, 5) is 0.0655. The normalized spacial score (nSPS) is 20.0. The molecule has 0 radical (unpaired) electrons. The Labute approximate surface area is 198 Å². The summed E-state index contributed by atoms with van der Waals surface area (Å²) >= 11 is 18.4. The average molecular weight is 492 g/mol. The fourth-order valence-corrected chi connectivity index (χ4v) is 8.26. The van der Waals surface area contributed by atoms with Crippen molar-refractivity contribution in [2.24, 2.45) is 0 Å². The van der Waals surface area contributed by atoms with Crippen molar-refractivity contribution in [1.29, 1.82) is 0 Å². The molecule has 0 aliphatic heterocycles. The Morgan fingerprint density at radius 2 is 1.55 bits per heavy atom. The van der Waals surface area contributed by atoms with E-state index < -0.39 is 15.1 Å². The van der Waals surface area contributed by atoms with Gasteiger partial charge in [0.1, 0.15) is 0 Å². The number of benzene rings is 3. The second-order valence-electron chi connectivity index (χ2n) is 8.42. The van der Waals surface area contributed by atoms with Gasteiger partial charge in [-0.2, -0.15) is 0 Å². The predicted molar refractivity (Wildman–Crippen MR) is 128 cm³/mol. The first kappa shape index (κ1) is 21.3. The summed E-state index contributed by atoms with van der Waals surface area (Å²) in [5.41, 5.74) is 7.82. The van der Waals surface area contributed by atoms with Crippen molar-refractivity contribution in [3.63, 3.8) is 0 Å². The molecule has 0 aromatic heterocycles. The lowest BCUT2D eigenvalue weighted by atomic mass is 9.75. The maximum absolute atomic E-state index is 13.6. The monoisotopic (exact) mass is 490 g/mol. The molecule has 0 amide bonds. The van der Waals surface area contributed by atoms with Gasteiger partial charge in [-0.05, 0) is 77.1 Å². The number of fused-ring (bicyclic) bond motifs is 5. The molecule has 0 saturated heterocycles. The van der Waals surface area contributed by atoms with E-state index in [0.717, 1.165) is 24.8 Å². The van der Waals surface area contributed by atoms with Gasteiger partial charge in [0.15, 0.2) is 9.84 Å². The molecular weight excluding hydrogens is 471 g/mol. The number of hydrogen-bond acceptors (Lipinski definition) is 2. The molecule has 3 aromatic rings. The Bertz CT molecular complexity index is 1310. The van der Waals surface area contributed by atoms with E-state index >= 15 is 0 Å². The van der Waals surface area contributed by atoms with E-state index in [-0.39, 0.29) is 25.9 Å². The third-order valence-electron chi connectivity index (χ3n) is 6.83. The van der Waals surface area contributed by atoms with Gasteiger partial charge in [-0.1, -0.05) is 78.1 Å². The van der Waals surface area contributed by atoms with Crippen molar-refractivity contribution in [2.75, 3.05) is 0 Å². The van der Waals surface area contributed by atoms with E-state index in [9.17, 15) is 8.42 Å². The summed E-state index contributed by atoms with van der Waals surface area (Å²) in [5, 5.41) is 0.0129. The van der Waals surface area contributed by atoms with Crippen molar-refractivity contribution < 1.29 is 8.42 Å². The molecule has 0 spiro atoms. The number of hydrogen-bond donors (Lipinski definition) is 0. The van der Waals surface area contributed by atoms with Crippen LogP contribution in [0.4, 0.5) is 0 Å². The van der Waals surface area contributed by atoms with Gasteiger partial charge in [-0.15, -0.1) is 0 Å². The first-order chi connectivity index (χ1) is 14.8. The summed E-state index contributed by atoms with van der Waals surface area (Å²) in [6.07, 6.45) is 3.33. The van der Waals surface area contributed by atoms with E-state index in [1.807, 2.05) is 6.92 Å². The van der Waals surface area contributed by atoms with Crippen LogP contribution in [-0.4, -0.2) is 13.7 Å². The quantitative estimate of drug-likeness (QED) is 0.352. The van der Waals surface area contributed by atoms with Crippen LogP contribution in [-0.2, 0) is 29.1 Å². The van der Waals surface area contributed by atoms with Crippen LogP contribution < -0.4 is 0 Å². The Morgan fingerprint density at radius 1 is 0.806 bits per heavy atom. The molecule has 160 valence electrons. The van der Waals surface area contributed by atoms with Crippen LogP contribution in [0.1, 0.15) is 41.5 Å². The molecule has 0 N–H and O–H groups in total. The third-order valence-corrected chi connectivity index (χ3v) is 10.4. The molecule has 2 aliphatic rings. The number of rotatable bonds is 2. The van der Waals surface area contributed by atoms with Gasteiger partial charge in [-0.25, -0.2) is 8.42 Å². The van der Waals surface area contributed by atoms with Gasteiger partial charge in [-0.3, -0.25) is 0 Å². The number of aryl methyl sites for hydroxylation is 1. The molecule has 0 saturated carbocycles. The molecule has 0 fully saturated rings. The van der Waals surface area contributed by atoms with Crippen molar-refractivity contribution in [3.8, 4) is 11.1 Å². The standard InChI is InChI=1S/C25H21Cl3O2S/c1-14-16-8-9-19-17-5-3-2-4-15(17)6-7-20(19)18(16)10-11-24(14)31(29,30)25-13-22(27)21(26)12-23(25)28/h2-5,8-9,12-14,24H,6-7,10-11H2,1H3. The van der Waals surface area contributed by atoms with E-state index in [2.05, 4.69) is 36.4 Å². The first-order valence-corrected chi connectivity index (χ1v) is 13.1. The highest BCUT2D eigenvalue weighted by Gasteiger charge is 2.39. The van der Waals surface area contributed by atoms with Crippen molar-refractivity contribution in [3.05, 3.63) is 85.9 Å². The molecule has 5 rings (SSSR count). The predicted octanol–water partition coefficient (Wildman–Crippen LogP) is 7.30. The molecule has 0 bridgehead atoms. The SMILES string of the molecule is CC1c2ccc3c(c2CCC1S(=O)(=O)c1cc(Cl)c(Cl)cc1Cl)CCc1ccccc1-3. The molecule has 31 heavy (non-hydrogen) atoms. The molecule has 2 aliphatic carbocycles. The van der Waals surface area contributed by atoms with Gasteiger partial charge in [0, 0.05) is 0 Å². The second kappa shape index (κ2) is 7.81. The van der Waals surface area contributed by atoms with Gasteiger partial charge in [0.25, 0.3) is 0 Å². The zero-order valence-corrected chi connectivity index (χ0v) is 20.0. The van der Waals surface area contributed by atoms with Crippen LogP contribution in [0.2, 0.25) is 15.1 Å². The topological polar surface area (TPSA) is 34.1 Å². The van der Waals surface area contributed by atoms with E-state index in [1.165, 1.54) is 39.9 Å². The highest BCUT2D eigenvalue weighted by Crippen LogP contribution is 2.45. The molecule has 2 nitrogen and oxygen atoms in total. The lowest BCUT2D eigenvalue weighted by molar-refractivity contribution is 0.529. The van der Waals surface area contributed by atoms with Crippen LogP contribution >= 0.6 is 34.8 Å². The Hall–Kier alpha value is -1.52. The van der Waals surface area contributed by atoms with Gasteiger partial charge >= 0.3 is 0 Å². The zero-order valence-electron chi connectivity index (χ0n) is 17.0. The molecule has 2 unspecified atom stereocenters. The molecule has 2 atom stereocenters. The van der Waals surface area contributed by atoms with E-state index in [1.54, 1.807) is 0 Å². The maximum Gasteiger partial charge on any atom is 0.183 e. The highest BCUT2D eigenvalue weighted by molar-refractivity contribution is 7.92. The number of sulfone groups is 1. The third kappa shape index (κ3) is 3.41. The lowest BCUT2D eigenvalue weighted by Crippen LogP contribution is -2.32. The van der Waals surface area contributed by atoms with Crippen molar-refractivity contribution in [1.82, 2.24) is 0 Å². The van der Waals surface area contributed by atoms with Crippen LogP contribution in [0, 0.1) is 0 Å². The van der Waals surface area contributed by atoms with E-state index in [4.69, 9.17) is 34.8 Å². The smallest absolute Gasteiger partial charge is 0.183 e. The maximum atomic E-state index is 13.6.